The van der Waals surface area contributed by atoms with Crippen LogP contribution in [0.3, 0.4) is 0 Å². The molecule has 80 valence electrons. The summed E-state index contributed by atoms with van der Waals surface area (Å²) in [6.45, 7) is 4.29. The molecule has 13 heavy (non-hydrogen) atoms. The van der Waals surface area contributed by atoms with Crippen molar-refractivity contribution in [3.05, 3.63) is 0 Å². The van der Waals surface area contributed by atoms with Crippen molar-refractivity contribution in [1.82, 2.24) is 5.32 Å². The number of carboxylic acid groups (broad SMARTS) is 1. The second-order valence-electron chi connectivity index (χ2n) is 2.53. The largest absolute Gasteiger partial charge is 0.479 e. The standard InChI is InChI=1S/C4H11NO2.C3H6O3/c1-3(6)5-4(2)7;1-2(4)3(5)6/h3-7H,1-2H3;2,4H,1H3,(H,5,6). The highest BCUT2D eigenvalue weighted by molar-refractivity contribution is 5.71. The van der Waals surface area contributed by atoms with Gasteiger partial charge in [0.1, 0.15) is 18.6 Å². The number of carboxylic acids is 1. The molecule has 3 unspecified atom stereocenters. The van der Waals surface area contributed by atoms with E-state index in [2.05, 4.69) is 5.32 Å². The van der Waals surface area contributed by atoms with Crippen LogP contribution in [0.1, 0.15) is 20.8 Å². The lowest BCUT2D eigenvalue weighted by molar-refractivity contribution is -0.145. The Morgan fingerprint density at radius 2 is 1.31 bits per heavy atom. The maximum Gasteiger partial charge on any atom is 0.332 e. The molecule has 0 rings (SSSR count). The van der Waals surface area contributed by atoms with Crippen molar-refractivity contribution >= 4 is 5.97 Å². The van der Waals surface area contributed by atoms with Crippen LogP contribution in [0.15, 0.2) is 0 Å². The fourth-order valence-electron chi connectivity index (χ4n) is 0.349. The Kier molecular flexibility index (Phi) is 9.04. The van der Waals surface area contributed by atoms with Crippen LogP contribution in [0.2, 0.25) is 0 Å². The first-order chi connectivity index (χ1) is 5.77. The van der Waals surface area contributed by atoms with Crippen LogP contribution in [-0.2, 0) is 4.79 Å². The molecule has 0 spiro atoms. The van der Waals surface area contributed by atoms with Crippen LogP contribution >= 0.6 is 0 Å². The van der Waals surface area contributed by atoms with Crippen molar-refractivity contribution in [2.24, 2.45) is 0 Å². The minimum atomic E-state index is -1.23. The van der Waals surface area contributed by atoms with Gasteiger partial charge in [-0.15, -0.1) is 0 Å². The van der Waals surface area contributed by atoms with E-state index >= 15 is 0 Å². The van der Waals surface area contributed by atoms with Gasteiger partial charge in [-0.05, 0) is 20.8 Å². The average Bonchev–Trinajstić information content (AvgIpc) is 1.84. The molecule has 0 saturated heterocycles. The van der Waals surface area contributed by atoms with E-state index in [1.54, 1.807) is 13.8 Å². The van der Waals surface area contributed by atoms with E-state index in [0.717, 1.165) is 0 Å². The van der Waals surface area contributed by atoms with Gasteiger partial charge < -0.3 is 20.4 Å². The van der Waals surface area contributed by atoms with Gasteiger partial charge in [-0.3, -0.25) is 5.32 Å². The number of nitrogens with one attached hydrogen (secondary N) is 1. The molecular weight excluding hydrogens is 178 g/mol. The molecule has 0 fully saturated rings. The topological polar surface area (TPSA) is 110 Å². The van der Waals surface area contributed by atoms with Crippen molar-refractivity contribution in [3.8, 4) is 0 Å². The summed E-state index contributed by atoms with van der Waals surface area (Å²) in [4.78, 5) is 9.45. The van der Waals surface area contributed by atoms with Gasteiger partial charge in [0.25, 0.3) is 0 Å². The maximum atomic E-state index is 9.45. The van der Waals surface area contributed by atoms with E-state index in [1.807, 2.05) is 0 Å². The highest BCUT2D eigenvalue weighted by atomic mass is 16.4. The number of aliphatic carboxylic acids is 1. The number of aliphatic hydroxyl groups is 3. The first-order valence-corrected chi connectivity index (χ1v) is 3.80. The van der Waals surface area contributed by atoms with Gasteiger partial charge in [0, 0.05) is 0 Å². The average molecular weight is 195 g/mol. The Bertz CT molecular complexity index is 129. The zero-order valence-corrected chi connectivity index (χ0v) is 7.93. The highest BCUT2D eigenvalue weighted by Gasteiger charge is 2.01. The third-order valence-electron chi connectivity index (χ3n) is 0.840. The zero-order chi connectivity index (χ0) is 11.0. The molecular formula is C7H17NO5. The van der Waals surface area contributed by atoms with Crippen LogP contribution in [0.5, 0.6) is 0 Å². The van der Waals surface area contributed by atoms with Crippen molar-refractivity contribution in [2.75, 3.05) is 0 Å². The quantitative estimate of drug-likeness (QED) is 0.358. The minimum Gasteiger partial charge on any atom is -0.479 e. The van der Waals surface area contributed by atoms with Gasteiger partial charge in [0.15, 0.2) is 0 Å². The number of rotatable bonds is 3. The molecule has 0 saturated carbocycles. The van der Waals surface area contributed by atoms with Crippen LogP contribution < -0.4 is 5.32 Å². The van der Waals surface area contributed by atoms with Crippen molar-refractivity contribution in [3.63, 3.8) is 0 Å². The van der Waals surface area contributed by atoms with Crippen molar-refractivity contribution in [2.45, 2.75) is 39.3 Å². The van der Waals surface area contributed by atoms with Gasteiger partial charge in [0.05, 0.1) is 0 Å². The summed E-state index contributed by atoms with van der Waals surface area (Å²) in [5, 5.41) is 35.1. The maximum absolute atomic E-state index is 9.45. The fourth-order valence-corrected chi connectivity index (χ4v) is 0.349. The summed E-state index contributed by atoms with van der Waals surface area (Å²) in [5.74, 6) is -1.19. The lowest BCUT2D eigenvalue weighted by atomic mass is 10.4. The second-order valence-corrected chi connectivity index (χ2v) is 2.53. The van der Waals surface area contributed by atoms with Gasteiger partial charge in [0.2, 0.25) is 0 Å². The second kappa shape index (κ2) is 7.93. The molecule has 0 radical (unpaired) electrons. The molecule has 0 aromatic carbocycles. The van der Waals surface area contributed by atoms with Crippen molar-refractivity contribution < 1.29 is 25.2 Å². The predicted molar refractivity (Wildman–Crippen MR) is 45.8 cm³/mol. The summed E-state index contributed by atoms with van der Waals surface area (Å²) >= 11 is 0. The van der Waals surface area contributed by atoms with Crippen LogP contribution in [0, 0.1) is 0 Å². The van der Waals surface area contributed by atoms with E-state index in [4.69, 9.17) is 20.4 Å². The fraction of sp³-hybridized carbons (Fsp3) is 0.857. The number of aliphatic hydroxyl groups excluding tert-OH is 3. The smallest absolute Gasteiger partial charge is 0.332 e. The van der Waals surface area contributed by atoms with Gasteiger partial charge in [-0.2, -0.15) is 0 Å². The molecule has 0 amide bonds. The van der Waals surface area contributed by atoms with E-state index in [9.17, 15) is 4.79 Å². The summed E-state index contributed by atoms with van der Waals surface area (Å²) < 4.78 is 0. The number of carbonyl (C=O) groups is 1. The molecule has 0 aromatic rings. The normalized spacial score (nSPS) is 16.5. The minimum absolute atomic E-state index is 0.625. The van der Waals surface area contributed by atoms with Crippen molar-refractivity contribution in [1.29, 1.82) is 0 Å². The Labute approximate surface area is 76.8 Å². The summed E-state index contributed by atoms with van der Waals surface area (Å²) in [6, 6.07) is 0. The molecule has 5 N–H and O–H groups in total. The Morgan fingerprint density at radius 1 is 1.08 bits per heavy atom. The summed E-state index contributed by atoms with van der Waals surface area (Å²) in [5.41, 5.74) is 0. The molecule has 0 aromatic heterocycles. The van der Waals surface area contributed by atoms with Crippen LogP contribution in [-0.4, -0.2) is 45.0 Å². The van der Waals surface area contributed by atoms with Crippen LogP contribution in [0.4, 0.5) is 0 Å². The Hall–Kier alpha value is -0.690. The highest BCUT2D eigenvalue weighted by Crippen LogP contribution is 1.74. The molecule has 0 aliphatic rings. The molecule has 0 bridgehead atoms. The monoisotopic (exact) mass is 195 g/mol. The summed E-state index contributed by atoms with van der Waals surface area (Å²) in [6.07, 6.45) is -2.48. The Balaban J connectivity index is 0. The molecule has 6 heteroatoms. The molecule has 6 nitrogen and oxygen atoms in total. The molecule has 3 atom stereocenters. The van der Waals surface area contributed by atoms with Gasteiger partial charge in [-0.1, -0.05) is 0 Å². The number of hydrogen-bond acceptors (Lipinski definition) is 5. The van der Waals surface area contributed by atoms with Gasteiger partial charge >= 0.3 is 5.97 Å². The lowest BCUT2D eigenvalue weighted by Gasteiger charge is -2.08. The van der Waals surface area contributed by atoms with E-state index in [-0.39, 0.29) is 0 Å². The van der Waals surface area contributed by atoms with E-state index < -0.39 is 24.5 Å². The third kappa shape index (κ3) is 18.3. The Morgan fingerprint density at radius 3 is 1.31 bits per heavy atom. The molecule has 0 heterocycles. The lowest BCUT2D eigenvalue weighted by Crippen LogP contribution is -2.33. The van der Waals surface area contributed by atoms with E-state index in [1.165, 1.54) is 6.92 Å². The van der Waals surface area contributed by atoms with Gasteiger partial charge in [-0.25, -0.2) is 4.79 Å². The number of hydrogen-bond donors (Lipinski definition) is 5. The van der Waals surface area contributed by atoms with Crippen LogP contribution in [0.25, 0.3) is 0 Å². The molecule has 0 aliphatic heterocycles. The predicted octanol–water partition coefficient (Wildman–Crippen LogP) is -1.30. The first-order valence-electron chi connectivity index (χ1n) is 3.80. The molecule has 0 aliphatic carbocycles. The van der Waals surface area contributed by atoms with E-state index in [0.29, 0.717) is 0 Å². The SMILES string of the molecule is CC(O)C(=O)O.CC(O)NC(C)O. The summed E-state index contributed by atoms with van der Waals surface area (Å²) in [7, 11) is 0. The zero-order valence-electron chi connectivity index (χ0n) is 7.93. The third-order valence-corrected chi connectivity index (χ3v) is 0.840. The first kappa shape index (κ1) is 14.8.